The number of phenols is 1. The van der Waals surface area contributed by atoms with Crippen molar-refractivity contribution in [2.75, 3.05) is 26.9 Å². The van der Waals surface area contributed by atoms with E-state index >= 15 is 0 Å². The maximum absolute atomic E-state index is 12.6. The van der Waals surface area contributed by atoms with Gasteiger partial charge in [0.2, 0.25) is 12.2 Å². The van der Waals surface area contributed by atoms with Crippen molar-refractivity contribution < 1.29 is 172 Å². The second-order valence-corrected chi connectivity index (χ2v) is 22.8. The standard InChI is InChI=1S/C21H20Cl2N2O3.C19H16Cl2N2O3.C11H11ClN2O.C10H10BrClO2.C5H10O2.CH2O3.4CH4.2K.H/c1-3-25-18(11-12-24-25)17-13-16(23)9-10-19(17)28-20(21(26)27-4-2)14-5-7-15(22)8-6-14;1-2-23-16(9-10-22-23)15-11-14(21)7-8-17(15)26-18(19(24)25)12-3-5-13(20)6-4-12;1-2-14-10(5-6-13-14)9-7-8(12)3-4-11(9)15;1-2-14-10(13)9(11)7-3-5-8(12)6-4-7;1-6-5-3-2-4-7-5;2-1-4-3;;;;;;;/h5-13,20H,3-4H2,1-2H3;3-11,18H,2H2,1H3,(H,24,25);3-7,15H,2H2,1H3;3-6,9H,2H2,1H3;5H,2-4H2,1H3;1,3H;4*1H4;;;/q;;;;;;;;;;2*+1;-1/p-1. The van der Waals surface area contributed by atoms with E-state index in [0.29, 0.717) is 83.6 Å². The first-order valence-electron chi connectivity index (χ1n) is 29.0. The second-order valence-electron chi connectivity index (χ2n) is 19.3. The van der Waals surface area contributed by atoms with Crippen molar-refractivity contribution in [3.8, 4) is 51.0 Å². The first kappa shape index (κ1) is 97.7. The fraction of sp³-hybridized carbons (Fsp3) is 0.310. The number of ether oxygens (including phenoxy) is 6. The van der Waals surface area contributed by atoms with Gasteiger partial charge in [-0.15, -0.1) is 0 Å². The van der Waals surface area contributed by atoms with Crippen molar-refractivity contribution in [1.82, 2.24) is 29.3 Å². The third-order valence-corrected chi connectivity index (χ3v) is 15.5. The number of aryl methyl sites for hydroxylation is 3. The summed E-state index contributed by atoms with van der Waals surface area (Å²) in [5, 5.41) is 43.9. The van der Waals surface area contributed by atoms with Gasteiger partial charge in [-0.2, -0.15) is 15.3 Å². The molecule has 9 aromatic rings. The van der Waals surface area contributed by atoms with Crippen molar-refractivity contribution in [2.24, 2.45) is 0 Å². The molecule has 4 heterocycles. The molecule has 100 heavy (non-hydrogen) atoms. The fourth-order valence-corrected chi connectivity index (χ4v) is 10.1. The zero-order valence-corrected chi connectivity index (χ0v) is 66.1. The minimum atomic E-state index is -1.18. The molecular weight excluding hydrogens is 1530 g/mol. The number of methoxy groups -OCH3 is 1. The van der Waals surface area contributed by atoms with Gasteiger partial charge in [0.25, 0.3) is 6.47 Å². The van der Waals surface area contributed by atoms with Gasteiger partial charge in [0.05, 0.1) is 30.3 Å². The Hall–Kier alpha value is -4.40. The van der Waals surface area contributed by atoms with E-state index in [0.717, 1.165) is 54.2 Å². The van der Waals surface area contributed by atoms with E-state index < -0.39 is 29.0 Å². The Bertz CT molecular complexity index is 3820. The van der Waals surface area contributed by atoms with Gasteiger partial charge in [0, 0.05) is 116 Å². The van der Waals surface area contributed by atoms with Gasteiger partial charge in [-0.1, -0.05) is 152 Å². The van der Waals surface area contributed by atoms with Gasteiger partial charge in [-0.3, -0.25) is 23.6 Å². The van der Waals surface area contributed by atoms with Crippen molar-refractivity contribution in [3.05, 3.63) is 211 Å². The van der Waals surface area contributed by atoms with Crippen molar-refractivity contribution in [2.45, 2.75) is 120 Å². The van der Waals surface area contributed by atoms with E-state index in [4.69, 9.17) is 108 Å². The summed E-state index contributed by atoms with van der Waals surface area (Å²) in [6, 6.07) is 41.4. The van der Waals surface area contributed by atoms with Gasteiger partial charge in [-0.05, 0) is 156 Å². The number of carbonyl (C=O) groups excluding carboxylic acids is 3. The van der Waals surface area contributed by atoms with Crippen LogP contribution in [0.25, 0.3) is 33.8 Å². The van der Waals surface area contributed by atoms with Crippen molar-refractivity contribution in [3.63, 3.8) is 0 Å². The van der Waals surface area contributed by atoms with Crippen LogP contribution in [0.3, 0.4) is 0 Å². The van der Waals surface area contributed by atoms with Crippen LogP contribution in [-0.4, -0.2) is 97.2 Å². The summed E-state index contributed by atoms with van der Waals surface area (Å²) in [5.41, 5.74) is 6.63. The quantitative estimate of drug-likeness (QED) is 0.0180. The summed E-state index contributed by atoms with van der Waals surface area (Å²) in [4.78, 5) is 46.5. The van der Waals surface area contributed by atoms with Crippen molar-refractivity contribution in [1.29, 1.82) is 0 Å². The molecule has 1 saturated heterocycles. The number of carbonyl (C=O) groups is 4. The Kier molecular flexibility index (Phi) is 51.3. The van der Waals surface area contributed by atoms with Crippen LogP contribution < -0.4 is 118 Å². The maximum atomic E-state index is 12.6. The molecular formula is C71H85BrCl6K2N6O14. The van der Waals surface area contributed by atoms with E-state index in [1.54, 1.807) is 172 Å². The summed E-state index contributed by atoms with van der Waals surface area (Å²) in [6.45, 7) is 12.9. The average Bonchev–Trinajstić information content (AvgIpc) is 1.79. The summed E-state index contributed by atoms with van der Waals surface area (Å²) in [7, 11) is 1.68. The number of aromatic nitrogens is 6. The number of carboxylic acid groups (broad SMARTS) is 1. The molecule has 0 aliphatic carbocycles. The average molecular weight is 1620 g/mol. The molecule has 0 radical (unpaired) electrons. The number of benzene rings is 6. The molecule has 4 atom stereocenters. The Labute approximate surface area is 711 Å². The minimum Gasteiger partial charge on any atom is -1.00 e. The Morgan fingerprint density at radius 1 is 0.570 bits per heavy atom. The Balaban J connectivity index is -0.00000121. The molecule has 6 aromatic carbocycles. The largest absolute Gasteiger partial charge is 1.00 e. The molecule has 1 aliphatic rings. The van der Waals surface area contributed by atoms with Crippen LogP contribution in [-0.2, 0) is 62.6 Å². The smallest absolute Gasteiger partial charge is 1.00 e. The Morgan fingerprint density at radius 2 is 0.920 bits per heavy atom. The van der Waals surface area contributed by atoms with Crippen LogP contribution in [0.4, 0.5) is 0 Å². The summed E-state index contributed by atoms with van der Waals surface area (Å²) in [6.07, 6.45) is 5.30. The molecule has 0 saturated carbocycles. The van der Waals surface area contributed by atoms with Gasteiger partial charge in [0.15, 0.2) is 6.29 Å². The normalized spacial score (nSPS) is 12.1. The monoisotopic (exact) mass is 1610 g/mol. The van der Waals surface area contributed by atoms with Crippen LogP contribution in [0.1, 0.15) is 112 Å². The number of hydrogen-bond donors (Lipinski definition) is 2. The SMILES string of the molecule is C.C.C.C.CCOC(=O)C(Br)c1ccc(Cl)cc1.CCOC(=O)C(Oc1ccc(Cl)cc1-c1ccnn1CC)c1ccc(Cl)cc1.CCn1nccc1-c1cc(Cl)ccc1O.CCn1nccc1-c1cc(Cl)ccc1OC(C(=O)O)c1ccc(Cl)cc1.COC1CCCO1.O=CO[O-].[H-].[K+].[K+]. The summed E-state index contributed by atoms with van der Waals surface area (Å²) in [5.74, 6) is -0.726. The van der Waals surface area contributed by atoms with E-state index in [1.165, 1.54) is 0 Å². The molecule has 0 amide bonds. The van der Waals surface area contributed by atoms with Crippen molar-refractivity contribution >= 4 is 110 Å². The van der Waals surface area contributed by atoms with Crippen LogP contribution in [0.2, 0.25) is 30.1 Å². The van der Waals surface area contributed by atoms with Gasteiger partial charge in [0.1, 0.15) is 22.1 Å². The molecule has 29 heteroatoms. The molecule has 20 nitrogen and oxygen atoms in total. The fourth-order valence-electron chi connectivity index (χ4n) is 8.74. The summed E-state index contributed by atoms with van der Waals surface area (Å²) >= 11 is 39.1. The number of rotatable bonds is 20. The van der Waals surface area contributed by atoms with Gasteiger partial charge < -0.3 is 50.2 Å². The van der Waals surface area contributed by atoms with E-state index in [1.807, 2.05) is 48.3 Å². The van der Waals surface area contributed by atoms with Gasteiger partial charge in [-0.25, -0.2) is 9.59 Å². The molecule has 4 unspecified atom stereocenters. The number of hydrogen-bond acceptors (Lipinski definition) is 16. The van der Waals surface area contributed by atoms with Crippen LogP contribution in [0, 0.1) is 0 Å². The van der Waals surface area contributed by atoms with E-state index in [9.17, 15) is 24.6 Å². The van der Waals surface area contributed by atoms with Crippen LogP contribution in [0.5, 0.6) is 17.2 Å². The predicted octanol–water partition coefficient (Wildman–Crippen LogP) is 12.8. The minimum absolute atomic E-state index is 0. The zero-order valence-electron chi connectivity index (χ0n) is 54.8. The van der Waals surface area contributed by atoms with E-state index in [2.05, 4.69) is 36.1 Å². The summed E-state index contributed by atoms with van der Waals surface area (Å²) < 4.78 is 37.5. The topological polar surface area (TPSA) is 250 Å². The maximum Gasteiger partial charge on any atom is 1.00 e. The first-order valence-corrected chi connectivity index (χ1v) is 32.2. The number of phenolic OH excluding ortho intramolecular Hbond substituents is 1. The third kappa shape index (κ3) is 31.1. The third-order valence-electron chi connectivity index (χ3n) is 13.1. The molecule has 534 valence electrons. The predicted molar refractivity (Wildman–Crippen MR) is 392 cm³/mol. The molecule has 0 spiro atoms. The van der Waals surface area contributed by atoms with Crippen LogP contribution in [0.15, 0.2) is 164 Å². The number of nitrogens with zero attached hydrogens (tertiary/aromatic N) is 6. The number of esters is 2. The molecule has 1 fully saturated rings. The number of alkyl halides is 1. The van der Waals surface area contributed by atoms with E-state index in [-0.39, 0.29) is 165 Å². The first-order chi connectivity index (χ1) is 45.2. The number of carboxylic acids is 1. The number of aromatic hydroxyl groups is 1. The molecule has 3 aromatic heterocycles. The molecule has 2 N–H and O–H groups in total. The molecule has 10 rings (SSSR count). The molecule has 1 aliphatic heterocycles. The molecule has 0 bridgehead atoms. The second kappa shape index (κ2) is 52.5. The number of aliphatic carboxylic acids is 1. The van der Waals surface area contributed by atoms with Crippen LogP contribution >= 0.6 is 85.5 Å². The van der Waals surface area contributed by atoms with Gasteiger partial charge >= 0.3 is 121 Å². The zero-order chi connectivity index (χ0) is 68.7. The Morgan fingerprint density at radius 3 is 1.27 bits per heavy atom. The number of halogens is 7.